The van der Waals surface area contributed by atoms with Crippen molar-refractivity contribution in [2.45, 2.75) is 11.8 Å². The van der Waals surface area contributed by atoms with Gasteiger partial charge in [-0.1, -0.05) is 23.7 Å². The van der Waals surface area contributed by atoms with Gasteiger partial charge >= 0.3 is 0 Å². The van der Waals surface area contributed by atoms with Crippen LogP contribution < -0.4 is 0 Å². The Morgan fingerprint density at radius 3 is 2.80 bits per heavy atom. The van der Waals surface area contributed by atoms with Gasteiger partial charge in [-0.2, -0.15) is 0 Å². The summed E-state index contributed by atoms with van der Waals surface area (Å²) in [6.45, 7) is 0. The monoisotopic (exact) mass is 309 g/mol. The average Bonchev–Trinajstić information content (AvgIpc) is 2.83. The standard InChI is InChI=1S/C15H10Cl2FNO/c16-9-5-6-12(18)10(7-9)11(17)8-15-19-13-3-1-2-4-14(13)20-15/h1-7,11H,8H2. The van der Waals surface area contributed by atoms with E-state index in [-0.39, 0.29) is 5.82 Å². The fourth-order valence-corrected chi connectivity index (χ4v) is 2.50. The molecule has 0 fully saturated rings. The van der Waals surface area contributed by atoms with E-state index in [2.05, 4.69) is 4.98 Å². The van der Waals surface area contributed by atoms with Crippen LogP contribution in [0, 0.1) is 5.82 Å². The lowest BCUT2D eigenvalue weighted by molar-refractivity contribution is 0.519. The molecule has 0 bridgehead atoms. The zero-order valence-electron chi connectivity index (χ0n) is 10.3. The van der Waals surface area contributed by atoms with Crippen LogP contribution in [0.4, 0.5) is 4.39 Å². The van der Waals surface area contributed by atoms with Crippen molar-refractivity contribution < 1.29 is 8.81 Å². The molecule has 0 aliphatic carbocycles. The Kier molecular flexibility index (Phi) is 3.64. The zero-order chi connectivity index (χ0) is 14.1. The van der Waals surface area contributed by atoms with Crippen molar-refractivity contribution in [1.82, 2.24) is 4.98 Å². The molecule has 2 nitrogen and oxygen atoms in total. The van der Waals surface area contributed by atoms with Gasteiger partial charge in [-0.15, -0.1) is 11.6 Å². The van der Waals surface area contributed by atoms with Gasteiger partial charge in [0.05, 0.1) is 5.38 Å². The number of nitrogens with zero attached hydrogens (tertiary/aromatic N) is 1. The smallest absolute Gasteiger partial charge is 0.197 e. The highest BCUT2D eigenvalue weighted by atomic mass is 35.5. The molecule has 0 saturated heterocycles. The second-order valence-electron chi connectivity index (χ2n) is 4.41. The Morgan fingerprint density at radius 2 is 2.00 bits per heavy atom. The third-order valence-corrected chi connectivity index (χ3v) is 3.61. The first kappa shape index (κ1) is 13.4. The van der Waals surface area contributed by atoms with Gasteiger partial charge in [-0.05, 0) is 30.3 Å². The second kappa shape index (κ2) is 5.43. The van der Waals surface area contributed by atoms with E-state index in [1.165, 1.54) is 18.2 Å². The van der Waals surface area contributed by atoms with E-state index in [1.807, 2.05) is 24.3 Å². The van der Waals surface area contributed by atoms with Crippen LogP contribution in [0.5, 0.6) is 0 Å². The lowest BCUT2D eigenvalue weighted by Gasteiger charge is -2.09. The van der Waals surface area contributed by atoms with E-state index in [4.69, 9.17) is 27.6 Å². The summed E-state index contributed by atoms with van der Waals surface area (Å²) in [7, 11) is 0. The van der Waals surface area contributed by atoms with Crippen molar-refractivity contribution in [2.75, 3.05) is 0 Å². The van der Waals surface area contributed by atoms with Gasteiger partial charge in [-0.25, -0.2) is 9.37 Å². The number of para-hydroxylation sites is 2. The van der Waals surface area contributed by atoms with Gasteiger partial charge in [0.25, 0.3) is 0 Å². The van der Waals surface area contributed by atoms with E-state index in [0.717, 1.165) is 5.52 Å². The van der Waals surface area contributed by atoms with Crippen molar-refractivity contribution in [2.24, 2.45) is 0 Å². The van der Waals surface area contributed by atoms with E-state index in [0.29, 0.717) is 28.5 Å². The topological polar surface area (TPSA) is 26.0 Å². The molecule has 0 aliphatic rings. The predicted molar refractivity (Wildman–Crippen MR) is 77.7 cm³/mol. The Hall–Kier alpha value is -1.58. The Morgan fingerprint density at radius 1 is 1.20 bits per heavy atom. The molecule has 0 radical (unpaired) electrons. The number of halogens is 3. The Labute approximate surface area is 125 Å². The molecule has 3 aromatic rings. The minimum Gasteiger partial charge on any atom is -0.441 e. The predicted octanol–water partition coefficient (Wildman–Crippen LogP) is 5.14. The van der Waals surface area contributed by atoms with Gasteiger partial charge in [0, 0.05) is 17.0 Å². The third-order valence-electron chi connectivity index (χ3n) is 2.99. The van der Waals surface area contributed by atoms with Crippen LogP contribution in [0.3, 0.4) is 0 Å². The van der Waals surface area contributed by atoms with Crippen LogP contribution in [0.25, 0.3) is 11.1 Å². The van der Waals surface area contributed by atoms with E-state index in [9.17, 15) is 4.39 Å². The highest BCUT2D eigenvalue weighted by molar-refractivity contribution is 6.30. The molecule has 20 heavy (non-hydrogen) atoms. The summed E-state index contributed by atoms with van der Waals surface area (Å²) in [5.41, 5.74) is 1.80. The highest BCUT2D eigenvalue weighted by Gasteiger charge is 2.17. The summed E-state index contributed by atoms with van der Waals surface area (Å²) in [6, 6.07) is 11.7. The molecule has 0 amide bonds. The summed E-state index contributed by atoms with van der Waals surface area (Å²) < 4.78 is 19.3. The molecule has 1 aromatic heterocycles. The summed E-state index contributed by atoms with van der Waals surface area (Å²) in [6.07, 6.45) is 0.299. The van der Waals surface area contributed by atoms with Crippen molar-refractivity contribution in [3.63, 3.8) is 0 Å². The molecule has 0 aliphatic heterocycles. The quantitative estimate of drug-likeness (QED) is 0.626. The molecule has 1 unspecified atom stereocenters. The largest absolute Gasteiger partial charge is 0.441 e. The molecule has 2 aromatic carbocycles. The Bertz CT molecular complexity index is 723. The Balaban J connectivity index is 1.88. The molecular weight excluding hydrogens is 300 g/mol. The molecule has 0 N–H and O–H groups in total. The maximum Gasteiger partial charge on any atom is 0.197 e. The molecule has 1 atom stereocenters. The van der Waals surface area contributed by atoms with Crippen LogP contribution in [0.1, 0.15) is 16.8 Å². The van der Waals surface area contributed by atoms with E-state index >= 15 is 0 Å². The van der Waals surface area contributed by atoms with Crippen LogP contribution in [-0.2, 0) is 6.42 Å². The zero-order valence-corrected chi connectivity index (χ0v) is 11.8. The fourth-order valence-electron chi connectivity index (χ4n) is 2.03. The van der Waals surface area contributed by atoms with Crippen LogP contribution in [-0.4, -0.2) is 4.98 Å². The summed E-state index contributed by atoms with van der Waals surface area (Å²) >= 11 is 12.1. The number of alkyl halides is 1. The molecular formula is C15H10Cl2FNO. The van der Waals surface area contributed by atoms with Gasteiger partial charge in [0.2, 0.25) is 0 Å². The minimum atomic E-state index is -0.582. The first-order valence-corrected chi connectivity index (χ1v) is 6.88. The lowest BCUT2D eigenvalue weighted by atomic mass is 10.1. The van der Waals surface area contributed by atoms with Crippen molar-refractivity contribution >= 4 is 34.3 Å². The molecule has 0 saturated carbocycles. The van der Waals surface area contributed by atoms with E-state index in [1.54, 1.807) is 0 Å². The maximum atomic E-state index is 13.7. The molecule has 3 rings (SSSR count). The number of rotatable bonds is 3. The normalized spacial score (nSPS) is 12.8. The van der Waals surface area contributed by atoms with Gasteiger partial charge in [0.15, 0.2) is 11.5 Å². The molecule has 1 heterocycles. The van der Waals surface area contributed by atoms with Crippen LogP contribution in [0.2, 0.25) is 5.02 Å². The molecule has 0 spiro atoms. The van der Waals surface area contributed by atoms with Crippen molar-refractivity contribution in [1.29, 1.82) is 0 Å². The lowest BCUT2D eigenvalue weighted by Crippen LogP contribution is -1.99. The molecule has 102 valence electrons. The fraction of sp³-hybridized carbons (Fsp3) is 0.133. The number of hydrogen-bond donors (Lipinski definition) is 0. The van der Waals surface area contributed by atoms with Gasteiger partial charge < -0.3 is 4.42 Å². The average molecular weight is 310 g/mol. The third kappa shape index (κ3) is 2.65. The summed E-state index contributed by atoms with van der Waals surface area (Å²) in [5, 5.41) is -0.133. The van der Waals surface area contributed by atoms with E-state index < -0.39 is 5.38 Å². The minimum absolute atomic E-state index is 0.299. The number of hydrogen-bond acceptors (Lipinski definition) is 2. The highest BCUT2D eigenvalue weighted by Crippen LogP contribution is 2.30. The number of oxazole rings is 1. The summed E-state index contributed by atoms with van der Waals surface area (Å²) in [4.78, 5) is 4.32. The van der Waals surface area contributed by atoms with Crippen molar-refractivity contribution in [3.05, 3.63) is 64.8 Å². The van der Waals surface area contributed by atoms with Gasteiger partial charge in [-0.3, -0.25) is 0 Å². The molecule has 5 heteroatoms. The number of fused-ring (bicyclic) bond motifs is 1. The van der Waals surface area contributed by atoms with Crippen LogP contribution in [0.15, 0.2) is 46.9 Å². The first-order valence-electron chi connectivity index (χ1n) is 6.07. The SMILES string of the molecule is Fc1ccc(Cl)cc1C(Cl)Cc1nc2ccccc2o1. The number of aromatic nitrogens is 1. The summed E-state index contributed by atoms with van der Waals surface area (Å²) in [5.74, 6) is 0.0936. The maximum absolute atomic E-state index is 13.7. The van der Waals surface area contributed by atoms with Crippen LogP contribution >= 0.6 is 23.2 Å². The van der Waals surface area contributed by atoms with Crippen molar-refractivity contribution in [3.8, 4) is 0 Å². The first-order chi connectivity index (χ1) is 9.63. The second-order valence-corrected chi connectivity index (χ2v) is 5.38. The van der Waals surface area contributed by atoms with Gasteiger partial charge in [0.1, 0.15) is 11.3 Å². The number of benzene rings is 2.